The topological polar surface area (TPSA) is 192 Å². The second-order valence-electron chi connectivity index (χ2n) is 17.6. The van der Waals surface area contributed by atoms with Crippen LogP contribution in [-0.2, 0) is 27.9 Å². The van der Waals surface area contributed by atoms with Gasteiger partial charge in [-0.1, -0.05) is 178 Å². The van der Waals surface area contributed by atoms with Gasteiger partial charge in [0.2, 0.25) is 0 Å². The van der Waals surface area contributed by atoms with E-state index in [1.807, 2.05) is 0 Å². The molecule has 0 radical (unpaired) electrons. The summed E-state index contributed by atoms with van der Waals surface area (Å²) in [6.45, 7) is 4.15. The first-order chi connectivity index (χ1) is 31.0. The highest BCUT2D eigenvalue weighted by atomic mass is 31.2. The smallest absolute Gasteiger partial charge is 0.457 e. The van der Waals surface area contributed by atoms with Crippen LogP contribution >= 0.6 is 7.82 Å². The van der Waals surface area contributed by atoms with Gasteiger partial charge in [0.15, 0.2) is 0 Å². The molecular formula is C51H93O12P. The Hall–Kier alpha value is -1.70. The van der Waals surface area contributed by atoms with Gasteiger partial charge in [0.05, 0.1) is 13.2 Å². The fourth-order valence-electron chi connectivity index (χ4n) is 7.66. The van der Waals surface area contributed by atoms with E-state index >= 15 is 0 Å². The third-order valence-electron chi connectivity index (χ3n) is 11.7. The fraction of sp³-hybridized carbons (Fsp3) is 0.824. The minimum Gasteiger partial charge on any atom is -0.457 e. The molecule has 1 aliphatic rings. The molecule has 0 heterocycles. The molecule has 1 saturated carbocycles. The molecule has 0 aromatic rings. The Morgan fingerprint density at radius 2 is 0.922 bits per heavy atom. The molecule has 0 aliphatic heterocycles. The van der Waals surface area contributed by atoms with Crippen molar-refractivity contribution in [2.24, 2.45) is 0 Å². The molecule has 0 bridgehead atoms. The lowest BCUT2D eigenvalue weighted by Crippen LogP contribution is -2.64. The van der Waals surface area contributed by atoms with Gasteiger partial charge in [-0.2, -0.15) is 0 Å². The Bertz CT molecular complexity index is 1240. The molecule has 12 nitrogen and oxygen atoms in total. The van der Waals surface area contributed by atoms with Crippen LogP contribution in [0.2, 0.25) is 0 Å². The van der Waals surface area contributed by atoms with Crippen molar-refractivity contribution in [2.75, 3.05) is 19.8 Å². The number of carbonyl (C=O) groups is 1. The summed E-state index contributed by atoms with van der Waals surface area (Å²) in [4.78, 5) is 23.2. The number of rotatable bonds is 43. The summed E-state index contributed by atoms with van der Waals surface area (Å²) in [5, 5.41) is 50.3. The summed E-state index contributed by atoms with van der Waals surface area (Å²) in [6, 6.07) is 0. The van der Waals surface area contributed by atoms with Crippen LogP contribution in [0.4, 0.5) is 0 Å². The van der Waals surface area contributed by atoms with E-state index in [1.165, 1.54) is 103 Å². The molecular weight excluding hydrogens is 836 g/mol. The number of hydrogen-bond donors (Lipinski definition) is 6. The monoisotopic (exact) mass is 929 g/mol. The van der Waals surface area contributed by atoms with Crippen LogP contribution < -0.4 is 0 Å². The molecule has 1 rings (SSSR count). The van der Waals surface area contributed by atoms with E-state index in [0.29, 0.717) is 13.0 Å². The average Bonchev–Trinajstić information content (AvgIpc) is 3.28. The molecule has 1 aliphatic carbocycles. The van der Waals surface area contributed by atoms with Crippen molar-refractivity contribution in [1.82, 2.24) is 0 Å². The van der Waals surface area contributed by atoms with Gasteiger partial charge in [0.25, 0.3) is 0 Å². The summed E-state index contributed by atoms with van der Waals surface area (Å²) in [6.07, 6.45) is 38.9. The summed E-state index contributed by atoms with van der Waals surface area (Å²) >= 11 is 0. The number of allylic oxidation sites excluding steroid dienone is 8. The number of phosphoric ester groups is 1. The highest BCUT2D eigenvalue weighted by Gasteiger charge is 2.51. The molecule has 374 valence electrons. The van der Waals surface area contributed by atoms with Gasteiger partial charge < -0.3 is 39.9 Å². The van der Waals surface area contributed by atoms with Gasteiger partial charge in [-0.15, -0.1) is 0 Å². The largest absolute Gasteiger partial charge is 0.472 e. The molecule has 13 heteroatoms. The molecule has 1 fully saturated rings. The number of aliphatic hydroxyl groups is 5. The van der Waals surface area contributed by atoms with Gasteiger partial charge >= 0.3 is 13.8 Å². The number of esters is 1. The molecule has 6 atom stereocenters. The van der Waals surface area contributed by atoms with Crippen LogP contribution in [0, 0.1) is 0 Å². The van der Waals surface area contributed by atoms with Crippen molar-refractivity contribution in [2.45, 2.75) is 249 Å². The predicted octanol–water partition coefficient (Wildman–Crippen LogP) is 11.2. The van der Waals surface area contributed by atoms with Crippen molar-refractivity contribution in [1.29, 1.82) is 0 Å². The molecule has 0 aromatic carbocycles. The van der Waals surface area contributed by atoms with E-state index in [1.54, 1.807) is 0 Å². The zero-order chi connectivity index (χ0) is 46.9. The number of ether oxygens (including phenoxy) is 2. The second-order valence-corrected chi connectivity index (χ2v) is 19.0. The third-order valence-corrected chi connectivity index (χ3v) is 12.7. The predicted molar refractivity (Wildman–Crippen MR) is 258 cm³/mol. The zero-order valence-corrected chi connectivity index (χ0v) is 41.0. The second kappa shape index (κ2) is 41.5. The Kier molecular flexibility index (Phi) is 39.1. The highest BCUT2D eigenvalue weighted by Crippen LogP contribution is 2.47. The molecule has 6 unspecified atom stereocenters. The van der Waals surface area contributed by atoms with E-state index < -0.39 is 63.1 Å². The summed E-state index contributed by atoms with van der Waals surface area (Å²) in [5.41, 5.74) is 0. The number of unbranched alkanes of at least 4 members (excludes halogenated alkanes) is 23. The Morgan fingerprint density at radius 3 is 1.42 bits per heavy atom. The van der Waals surface area contributed by atoms with Gasteiger partial charge in [0.1, 0.15) is 42.7 Å². The molecule has 0 amide bonds. The molecule has 0 spiro atoms. The molecule has 64 heavy (non-hydrogen) atoms. The normalized spacial score (nSPS) is 22.1. The maximum Gasteiger partial charge on any atom is 0.472 e. The van der Waals surface area contributed by atoms with Crippen LogP contribution in [0.25, 0.3) is 0 Å². The minimum atomic E-state index is -5.03. The lowest BCUT2D eigenvalue weighted by atomic mass is 9.85. The molecule has 0 saturated heterocycles. The average molecular weight is 929 g/mol. The van der Waals surface area contributed by atoms with Crippen molar-refractivity contribution in [3.63, 3.8) is 0 Å². The summed E-state index contributed by atoms with van der Waals surface area (Å²) < 4.78 is 34.3. The van der Waals surface area contributed by atoms with Crippen molar-refractivity contribution < 1.29 is 58.3 Å². The summed E-state index contributed by atoms with van der Waals surface area (Å²) in [7, 11) is -5.03. The molecule has 6 N–H and O–H groups in total. The quantitative estimate of drug-likeness (QED) is 0.0147. The first-order valence-electron chi connectivity index (χ1n) is 25.5. The Morgan fingerprint density at radius 1 is 0.516 bits per heavy atom. The molecule has 0 aromatic heterocycles. The number of carbonyl (C=O) groups excluding carboxylic acids is 1. The van der Waals surface area contributed by atoms with Crippen molar-refractivity contribution >= 4 is 13.8 Å². The van der Waals surface area contributed by atoms with Crippen LogP contribution in [0.3, 0.4) is 0 Å². The minimum absolute atomic E-state index is 0.0819. The maximum atomic E-state index is 12.8. The van der Waals surface area contributed by atoms with E-state index in [0.717, 1.165) is 77.0 Å². The highest BCUT2D eigenvalue weighted by molar-refractivity contribution is 7.47. The number of phosphoric acid groups is 1. The number of aliphatic hydroxyl groups excluding tert-OH is 5. The van der Waals surface area contributed by atoms with Crippen molar-refractivity contribution in [3.05, 3.63) is 48.6 Å². The lowest BCUT2D eigenvalue weighted by Gasteiger charge is -2.41. The third kappa shape index (κ3) is 32.9. The first kappa shape index (κ1) is 60.3. The van der Waals surface area contributed by atoms with Crippen molar-refractivity contribution in [3.8, 4) is 0 Å². The maximum absolute atomic E-state index is 12.8. The van der Waals surface area contributed by atoms with Gasteiger partial charge in [-0.05, 0) is 70.6 Å². The Balaban J connectivity index is 2.35. The van der Waals surface area contributed by atoms with Gasteiger partial charge in [0, 0.05) is 13.0 Å². The van der Waals surface area contributed by atoms with Crippen LogP contribution in [0.5, 0.6) is 0 Å². The van der Waals surface area contributed by atoms with Crippen LogP contribution in [-0.4, -0.2) is 98.9 Å². The van der Waals surface area contributed by atoms with Crippen LogP contribution in [0.1, 0.15) is 206 Å². The van der Waals surface area contributed by atoms with E-state index in [2.05, 4.69) is 62.5 Å². The number of hydrogen-bond acceptors (Lipinski definition) is 11. The lowest BCUT2D eigenvalue weighted by molar-refractivity contribution is -0.220. The Labute approximate surface area is 388 Å². The SMILES string of the molecule is CC/C=C\C/C=C\C/C=C\CCCCCCCCCC(=O)OC(COCCCCCCCCCCCC/C=C\CCCCCCCC)COP(=O)(O)OC1C(O)C(O)C(O)C(O)C1O. The first-order valence-corrected chi connectivity index (χ1v) is 27.0. The van der Waals surface area contributed by atoms with Gasteiger partial charge in [-0.25, -0.2) is 4.57 Å². The summed E-state index contributed by atoms with van der Waals surface area (Å²) in [5.74, 6) is -0.487. The van der Waals surface area contributed by atoms with Crippen LogP contribution in [0.15, 0.2) is 48.6 Å². The zero-order valence-electron chi connectivity index (χ0n) is 40.1. The van der Waals surface area contributed by atoms with E-state index in [-0.39, 0.29) is 13.0 Å². The fourth-order valence-corrected chi connectivity index (χ4v) is 8.63. The van der Waals surface area contributed by atoms with Gasteiger partial charge in [-0.3, -0.25) is 13.8 Å². The standard InChI is InChI=1S/C51H93O12P/c1-3-5-7-9-11-13-15-17-19-21-22-23-25-27-29-31-33-35-37-39-41-60-42-44(43-61-64(58,59)63-51-49(56)47(54)46(53)48(55)50(51)57)62-45(52)40-38-36-34-32-30-28-26-24-20-18-16-14-12-10-8-6-4-2/h6,8,12,14,17-20,44,46-51,53-57H,3-5,7,9-11,13,15-16,21-43H2,1-2H3,(H,58,59)/b8-6-,14-12-,19-17-,20-18-. The van der Waals surface area contributed by atoms with E-state index in [4.69, 9.17) is 18.5 Å². The van der Waals surface area contributed by atoms with E-state index in [9.17, 15) is 39.8 Å².